The van der Waals surface area contributed by atoms with E-state index >= 15 is 0 Å². The van der Waals surface area contributed by atoms with Gasteiger partial charge in [-0.3, -0.25) is 4.57 Å². The lowest BCUT2D eigenvalue weighted by molar-refractivity contribution is -0.137. The molecule has 2 aromatic rings. The number of aryl methyl sites for hydroxylation is 1. The molecular weight excluding hydrogens is 267 g/mol. The van der Waals surface area contributed by atoms with Gasteiger partial charge in [0.25, 0.3) is 0 Å². The van der Waals surface area contributed by atoms with Crippen LogP contribution in [0.3, 0.4) is 0 Å². The molecule has 6 heteroatoms. The van der Waals surface area contributed by atoms with Crippen molar-refractivity contribution in [1.29, 1.82) is 0 Å². The fraction of sp³-hybridized carbons (Fsp3) is 0.214. The second kappa shape index (κ2) is 5.40. The zero-order chi connectivity index (χ0) is 14.8. The minimum absolute atomic E-state index is 0.409. The van der Waals surface area contributed by atoms with E-state index in [9.17, 15) is 13.2 Å². The van der Waals surface area contributed by atoms with Crippen molar-refractivity contribution in [2.45, 2.75) is 13.1 Å². The normalized spacial score (nSPS) is 11.4. The van der Waals surface area contributed by atoms with Crippen LogP contribution in [0.5, 0.6) is 0 Å². The van der Waals surface area contributed by atoms with Crippen molar-refractivity contribution in [1.82, 2.24) is 9.55 Å². The molecule has 0 spiro atoms. The lowest BCUT2D eigenvalue weighted by Crippen LogP contribution is -2.08. The molecular formula is C14H14F3N3. The fourth-order valence-corrected chi connectivity index (χ4v) is 1.81. The lowest BCUT2D eigenvalue weighted by Gasteiger charge is -2.11. The molecule has 0 amide bonds. The molecule has 2 rings (SSSR count). The van der Waals surface area contributed by atoms with Crippen molar-refractivity contribution in [3.8, 4) is 5.69 Å². The molecule has 3 nitrogen and oxygen atoms in total. The Kier molecular flexibility index (Phi) is 3.83. The average Bonchev–Trinajstić information content (AvgIpc) is 2.77. The summed E-state index contributed by atoms with van der Waals surface area (Å²) in [5.41, 5.74) is 0.442. The zero-order valence-corrected chi connectivity index (χ0v) is 10.9. The van der Waals surface area contributed by atoms with Gasteiger partial charge in [0.15, 0.2) is 0 Å². The van der Waals surface area contributed by atoms with Gasteiger partial charge in [-0.25, -0.2) is 4.98 Å². The van der Waals surface area contributed by atoms with E-state index in [0.29, 0.717) is 23.9 Å². The van der Waals surface area contributed by atoms with Gasteiger partial charge in [-0.2, -0.15) is 13.2 Å². The van der Waals surface area contributed by atoms with Gasteiger partial charge in [-0.1, -0.05) is 12.1 Å². The number of nitrogens with one attached hydrogen (secondary N) is 1. The summed E-state index contributed by atoms with van der Waals surface area (Å²) in [5.74, 6) is 0.488. The van der Waals surface area contributed by atoms with Crippen LogP contribution in [0.4, 0.5) is 19.1 Å². The number of hydrogen-bond donors (Lipinski definition) is 1. The predicted octanol–water partition coefficient (Wildman–Crippen LogP) is 3.80. The highest BCUT2D eigenvalue weighted by molar-refractivity contribution is 5.45. The molecule has 1 heterocycles. The van der Waals surface area contributed by atoms with Gasteiger partial charge in [-0.15, -0.1) is 6.58 Å². The number of halogens is 3. The highest BCUT2D eigenvalue weighted by Gasteiger charge is 2.30. The van der Waals surface area contributed by atoms with Crippen molar-refractivity contribution in [2.24, 2.45) is 0 Å². The van der Waals surface area contributed by atoms with Crippen LogP contribution in [0.25, 0.3) is 5.69 Å². The van der Waals surface area contributed by atoms with E-state index in [4.69, 9.17) is 0 Å². The van der Waals surface area contributed by atoms with Gasteiger partial charge in [0.1, 0.15) is 0 Å². The second-order valence-electron chi connectivity index (χ2n) is 4.29. The molecule has 0 unspecified atom stereocenters. The number of anilines is 1. The third kappa shape index (κ3) is 3.01. The lowest BCUT2D eigenvalue weighted by atomic mass is 10.2. The van der Waals surface area contributed by atoms with E-state index in [1.807, 2.05) is 0 Å². The number of aromatic nitrogens is 2. The van der Waals surface area contributed by atoms with E-state index in [1.165, 1.54) is 6.07 Å². The molecule has 0 aliphatic carbocycles. The Morgan fingerprint density at radius 3 is 2.80 bits per heavy atom. The minimum Gasteiger partial charge on any atom is -0.352 e. The zero-order valence-electron chi connectivity index (χ0n) is 10.9. The van der Waals surface area contributed by atoms with Gasteiger partial charge < -0.3 is 5.32 Å². The Hall–Kier alpha value is -2.24. The third-order valence-electron chi connectivity index (χ3n) is 2.68. The minimum atomic E-state index is -4.36. The van der Waals surface area contributed by atoms with Crippen LogP contribution < -0.4 is 5.32 Å². The Morgan fingerprint density at radius 2 is 2.15 bits per heavy atom. The van der Waals surface area contributed by atoms with E-state index in [-0.39, 0.29) is 0 Å². The summed E-state index contributed by atoms with van der Waals surface area (Å²) in [6, 6.07) is 5.13. The summed E-state index contributed by atoms with van der Waals surface area (Å²) in [6.07, 6.45) is -1.03. The molecule has 0 saturated carbocycles. The van der Waals surface area contributed by atoms with E-state index in [0.717, 1.165) is 12.1 Å². The molecule has 0 aliphatic rings. The number of nitrogens with zero attached hydrogens (tertiary/aromatic N) is 2. The first-order chi connectivity index (χ1) is 9.41. The fourth-order valence-electron chi connectivity index (χ4n) is 1.81. The molecule has 0 bridgehead atoms. The van der Waals surface area contributed by atoms with Crippen LogP contribution in [0, 0.1) is 6.92 Å². The summed E-state index contributed by atoms with van der Waals surface area (Å²) >= 11 is 0. The second-order valence-corrected chi connectivity index (χ2v) is 4.29. The first-order valence-electron chi connectivity index (χ1n) is 6.00. The van der Waals surface area contributed by atoms with Crippen LogP contribution in [-0.4, -0.2) is 16.1 Å². The van der Waals surface area contributed by atoms with Crippen molar-refractivity contribution in [3.63, 3.8) is 0 Å². The van der Waals surface area contributed by atoms with Gasteiger partial charge in [0, 0.05) is 18.4 Å². The molecule has 20 heavy (non-hydrogen) atoms. The summed E-state index contributed by atoms with van der Waals surface area (Å²) in [6.45, 7) is 5.85. The number of rotatable bonds is 4. The van der Waals surface area contributed by atoms with Crippen LogP contribution in [0.2, 0.25) is 0 Å². The predicted molar refractivity (Wildman–Crippen MR) is 72.0 cm³/mol. The average molecular weight is 281 g/mol. The van der Waals surface area contributed by atoms with E-state index in [1.54, 1.807) is 29.8 Å². The van der Waals surface area contributed by atoms with Crippen LogP contribution in [0.15, 0.2) is 43.1 Å². The first-order valence-corrected chi connectivity index (χ1v) is 6.00. The van der Waals surface area contributed by atoms with E-state index in [2.05, 4.69) is 16.9 Å². The SMILES string of the molecule is C=CCNc1nc(C)cn1-c1cccc(C(F)(F)F)c1. The van der Waals surface area contributed by atoms with Gasteiger partial charge in [-0.05, 0) is 25.1 Å². The van der Waals surface area contributed by atoms with Gasteiger partial charge in [0.2, 0.25) is 5.95 Å². The monoisotopic (exact) mass is 281 g/mol. The number of imidazole rings is 1. The van der Waals surface area contributed by atoms with Gasteiger partial charge in [0.05, 0.1) is 11.3 Å². The Bertz CT molecular complexity index is 614. The number of benzene rings is 1. The Balaban J connectivity index is 2.43. The summed E-state index contributed by atoms with van der Waals surface area (Å²) < 4.78 is 39.8. The molecule has 1 aromatic heterocycles. The maximum Gasteiger partial charge on any atom is 0.416 e. The van der Waals surface area contributed by atoms with Crippen LogP contribution in [0.1, 0.15) is 11.3 Å². The van der Waals surface area contributed by atoms with Crippen LogP contribution >= 0.6 is 0 Å². The van der Waals surface area contributed by atoms with Crippen LogP contribution in [-0.2, 0) is 6.18 Å². The van der Waals surface area contributed by atoms with Gasteiger partial charge >= 0.3 is 6.18 Å². The molecule has 0 saturated heterocycles. The molecule has 0 fully saturated rings. The van der Waals surface area contributed by atoms with E-state index < -0.39 is 11.7 Å². The number of alkyl halides is 3. The molecule has 0 aliphatic heterocycles. The molecule has 1 aromatic carbocycles. The van der Waals surface area contributed by atoms with Crippen molar-refractivity contribution < 1.29 is 13.2 Å². The summed E-state index contributed by atoms with van der Waals surface area (Å²) in [4.78, 5) is 4.24. The molecule has 0 radical (unpaired) electrons. The quantitative estimate of drug-likeness (QED) is 0.864. The molecule has 1 N–H and O–H groups in total. The van der Waals surface area contributed by atoms with Crippen molar-refractivity contribution in [2.75, 3.05) is 11.9 Å². The van der Waals surface area contributed by atoms with Crippen molar-refractivity contribution >= 4 is 5.95 Å². The Labute approximate surface area is 114 Å². The first kappa shape index (κ1) is 14.2. The Morgan fingerprint density at radius 1 is 1.40 bits per heavy atom. The topological polar surface area (TPSA) is 29.9 Å². The highest BCUT2D eigenvalue weighted by atomic mass is 19.4. The molecule has 106 valence electrons. The standard InChI is InChI=1S/C14H14F3N3/c1-3-7-18-13-19-10(2)9-20(13)12-6-4-5-11(8-12)14(15,16)17/h3-6,8-9H,1,7H2,2H3,(H,18,19). The largest absolute Gasteiger partial charge is 0.416 e. The van der Waals surface area contributed by atoms with Crippen molar-refractivity contribution in [3.05, 3.63) is 54.4 Å². The smallest absolute Gasteiger partial charge is 0.352 e. The maximum absolute atomic E-state index is 12.7. The summed E-state index contributed by atoms with van der Waals surface area (Å²) in [7, 11) is 0. The maximum atomic E-state index is 12.7. The highest BCUT2D eigenvalue weighted by Crippen LogP contribution is 2.30. The number of hydrogen-bond acceptors (Lipinski definition) is 2. The summed E-state index contributed by atoms with van der Waals surface area (Å²) in [5, 5.41) is 2.99. The third-order valence-corrected chi connectivity index (χ3v) is 2.68. The molecule has 0 atom stereocenters.